The molecule has 2 unspecified atom stereocenters. The summed E-state index contributed by atoms with van der Waals surface area (Å²) < 4.78 is 6.30. The second-order valence-electron chi connectivity index (χ2n) is 10.3. The lowest BCUT2D eigenvalue weighted by Gasteiger charge is -2.31. The van der Waals surface area contributed by atoms with Crippen molar-refractivity contribution in [1.29, 1.82) is 0 Å². The average Bonchev–Trinajstić information content (AvgIpc) is 3.67. The fourth-order valence-electron chi connectivity index (χ4n) is 5.23. The van der Waals surface area contributed by atoms with Gasteiger partial charge in [-0.25, -0.2) is 0 Å². The third-order valence-corrected chi connectivity index (χ3v) is 8.66. The number of carbonyl (C=O) groups excluding carboxylic acids is 2. The molecule has 7 nitrogen and oxygen atoms in total. The maximum Gasteiger partial charge on any atom is 0.306 e. The van der Waals surface area contributed by atoms with Gasteiger partial charge in [-0.3, -0.25) is 14.4 Å². The van der Waals surface area contributed by atoms with Crippen molar-refractivity contribution in [2.75, 3.05) is 6.61 Å². The number of aliphatic hydroxyl groups is 1. The number of fused-ring (bicyclic) bond motifs is 1. The van der Waals surface area contributed by atoms with Crippen LogP contribution in [0, 0.1) is 5.41 Å². The number of aliphatic carboxylic acids is 1. The van der Waals surface area contributed by atoms with E-state index in [0.717, 1.165) is 10.0 Å². The topological polar surface area (TPSA) is 104 Å². The van der Waals surface area contributed by atoms with Gasteiger partial charge >= 0.3 is 11.9 Å². The van der Waals surface area contributed by atoms with E-state index in [9.17, 15) is 19.5 Å². The number of halogens is 3. The number of rotatable bonds is 10. The molecule has 0 saturated heterocycles. The highest BCUT2D eigenvalue weighted by atomic mass is 79.9. The number of carbonyl (C=O) groups is 3. The number of hydrogen-bond acceptors (Lipinski definition) is 5. The quantitative estimate of drug-likeness (QED) is 0.237. The molecule has 0 bridgehead atoms. The molecule has 0 aromatic heterocycles. The maximum absolute atomic E-state index is 13.7. The van der Waals surface area contributed by atoms with E-state index in [2.05, 4.69) is 15.9 Å². The highest BCUT2D eigenvalue weighted by Crippen LogP contribution is 2.57. The molecular formula is C30H26BrCl2NO6. The molecule has 2 aliphatic rings. The van der Waals surface area contributed by atoms with E-state index in [1.807, 2.05) is 24.3 Å². The zero-order valence-electron chi connectivity index (χ0n) is 21.3. The zero-order valence-corrected chi connectivity index (χ0v) is 24.4. The summed E-state index contributed by atoms with van der Waals surface area (Å²) in [6.45, 7) is 0.258. The summed E-state index contributed by atoms with van der Waals surface area (Å²) in [5, 5.41) is 21.4. The highest BCUT2D eigenvalue weighted by Gasteiger charge is 2.52. The number of carboxylic acids is 1. The summed E-state index contributed by atoms with van der Waals surface area (Å²) in [5.74, 6) is -1.89. The van der Waals surface area contributed by atoms with Crippen molar-refractivity contribution >= 4 is 57.0 Å². The normalized spacial score (nSPS) is 17.9. The average molecular weight is 647 g/mol. The number of esters is 1. The highest BCUT2D eigenvalue weighted by molar-refractivity contribution is 9.10. The number of aliphatic hydroxyl groups excluding tert-OH is 1. The largest absolute Gasteiger partial charge is 0.481 e. The summed E-state index contributed by atoms with van der Waals surface area (Å²) >= 11 is 16.6. The first kappa shape index (κ1) is 28.6. The van der Waals surface area contributed by atoms with E-state index in [-0.39, 0.29) is 25.4 Å². The Balaban J connectivity index is 1.51. The molecule has 1 aliphatic heterocycles. The van der Waals surface area contributed by atoms with Crippen LogP contribution in [0.15, 0.2) is 65.1 Å². The van der Waals surface area contributed by atoms with E-state index < -0.39 is 29.5 Å². The van der Waals surface area contributed by atoms with Crippen molar-refractivity contribution in [2.24, 2.45) is 5.41 Å². The summed E-state index contributed by atoms with van der Waals surface area (Å²) in [7, 11) is 0. The second-order valence-corrected chi connectivity index (χ2v) is 12.0. The summed E-state index contributed by atoms with van der Waals surface area (Å²) in [4.78, 5) is 38.4. The smallest absolute Gasteiger partial charge is 0.306 e. The van der Waals surface area contributed by atoms with Crippen molar-refractivity contribution in [3.8, 4) is 0 Å². The minimum Gasteiger partial charge on any atom is -0.481 e. The molecule has 10 heteroatoms. The molecule has 40 heavy (non-hydrogen) atoms. The number of nitrogens with zero attached hydrogens (tertiary/aromatic N) is 1. The molecule has 0 spiro atoms. The van der Waals surface area contributed by atoms with Gasteiger partial charge in [0.25, 0.3) is 5.91 Å². The first-order chi connectivity index (χ1) is 19.1. The molecule has 5 rings (SSSR count). The van der Waals surface area contributed by atoms with E-state index in [1.54, 1.807) is 41.3 Å². The Morgan fingerprint density at radius 1 is 1.07 bits per heavy atom. The van der Waals surface area contributed by atoms with Crippen molar-refractivity contribution in [2.45, 2.75) is 44.4 Å². The number of amides is 1. The number of hydrogen-bond donors (Lipinski definition) is 2. The summed E-state index contributed by atoms with van der Waals surface area (Å²) in [6.07, 6.45) is -0.401. The standard InChI is InChI=1S/C30H26BrCl2NO6/c31-18-6-4-17(5-7-18)15-34-27(26-21(29(34)39)2-1-3-23(26)33)20-9-8-19(32)14-22(20)28(38)30(12-13-30)16-40-25(37)11-10-24(35)36/h1-9,14,27-28,38H,10-13,15-16H2,(H,35,36). The molecule has 1 aliphatic carbocycles. The van der Waals surface area contributed by atoms with Gasteiger partial charge in [-0.1, -0.05) is 63.4 Å². The summed E-state index contributed by atoms with van der Waals surface area (Å²) in [5.41, 5.74) is 2.55. The number of carboxylic acid groups (broad SMARTS) is 1. The van der Waals surface area contributed by atoms with E-state index in [4.69, 9.17) is 33.0 Å². The van der Waals surface area contributed by atoms with Gasteiger partial charge in [-0.2, -0.15) is 0 Å². The van der Waals surface area contributed by atoms with Crippen LogP contribution in [-0.2, 0) is 20.9 Å². The van der Waals surface area contributed by atoms with Crippen molar-refractivity contribution in [3.05, 3.63) is 103 Å². The number of ether oxygens (including phenoxy) is 1. The lowest BCUT2D eigenvalue weighted by atomic mass is 9.86. The minimum atomic E-state index is -1.08. The molecule has 3 aromatic rings. The van der Waals surface area contributed by atoms with Gasteiger partial charge in [0.05, 0.1) is 31.6 Å². The second kappa shape index (κ2) is 11.5. The van der Waals surface area contributed by atoms with Gasteiger partial charge in [0.15, 0.2) is 0 Å². The van der Waals surface area contributed by atoms with Crippen LogP contribution in [0.2, 0.25) is 10.0 Å². The van der Waals surface area contributed by atoms with Gasteiger partial charge in [-0.05, 0) is 65.9 Å². The predicted molar refractivity (Wildman–Crippen MR) is 153 cm³/mol. The zero-order chi connectivity index (χ0) is 28.6. The monoisotopic (exact) mass is 645 g/mol. The lowest BCUT2D eigenvalue weighted by molar-refractivity contribution is -0.150. The van der Waals surface area contributed by atoms with E-state index in [0.29, 0.717) is 51.7 Å². The Morgan fingerprint density at radius 2 is 1.80 bits per heavy atom. The summed E-state index contributed by atoms with van der Waals surface area (Å²) in [6, 6.07) is 17.6. The Bertz CT molecular complexity index is 1470. The van der Waals surface area contributed by atoms with Crippen molar-refractivity contribution in [3.63, 3.8) is 0 Å². The van der Waals surface area contributed by atoms with Gasteiger partial charge in [0.1, 0.15) is 0 Å². The van der Waals surface area contributed by atoms with E-state index in [1.165, 1.54) is 0 Å². The maximum atomic E-state index is 13.7. The molecule has 1 amide bonds. The van der Waals surface area contributed by atoms with E-state index >= 15 is 0 Å². The van der Waals surface area contributed by atoms with Gasteiger partial charge in [0.2, 0.25) is 0 Å². The molecule has 1 fully saturated rings. The fraction of sp³-hybridized carbons (Fsp3) is 0.300. The molecule has 2 atom stereocenters. The van der Waals surface area contributed by atoms with Crippen LogP contribution in [0.4, 0.5) is 0 Å². The number of benzene rings is 3. The third-order valence-electron chi connectivity index (χ3n) is 7.57. The van der Waals surface area contributed by atoms with Crippen LogP contribution < -0.4 is 0 Å². The van der Waals surface area contributed by atoms with Crippen LogP contribution >= 0.6 is 39.1 Å². The molecule has 3 aromatic carbocycles. The first-order valence-corrected chi connectivity index (χ1v) is 14.3. The molecule has 1 saturated carbocycles. The Labute approximate surface area is 249 Å². The van der Waals surface area contributed by atoms with Crippen LogP contribution in [0.1, 0.15) is 70.4 Å². The Hall–Kier alpha value is -2.91. The van der Waals surface area contributed by atoms with Gasteiger partial charge in [0, 0.05) is 37.6 Å². The van der Waals surface area contributed by atoms with Crippen molar-refractivity contribution in [1.82, 2.24) is 4.90 Å². The molecule has 0 radical (unpaired) electrons. The van der Waals surface area contributed by atoms with Crippen LogP contribution in [-0.4, -0.2) is 39.6 Å². The lowest BCUT2D eigenvalue weighted by Crippen LogP contribution is -2.30. The first-order valence-electron chi connectivity index (χ1n) is 12.8. The fourth-order valence-corrected chi connectivity index (χ4v) is 5.95. The van der Waals surface area contributed by atoms with Crippen LogP contribution in [0.5, 0.6) is 0 Å². The molecule has 208 valence electrons. The van der Waals surface area contributed by atoms with Crippen molar-refractivity contribution < 1.29 is 29.3 Å². The van der Waals surface area contributed by atoms with Gasteiger partial charge in [-0.15, -0.1) is 0 Å². The van der Waals surface area contributed by atoms with Crippen LogP contribution in [0.3, 0.4) is 0 Å². The molecule has 1 heterocycles. The third kappa shape index (κ3) is 5.77. The molecule has 2 N–H and O–H groups in total. The van der Waals surface area contributed by atoms with Gasteiger partial charge < -0.3 is 19.8 Å². The molecular weight excluding hydrogens is 621 g/mol. The van der Waals surface area contributed by atoms with Crippen LogP contribution in [0.25, 0.3) is 0 Å². The Kier molecular flexibility index (Phi) is 8.25. The predicted octanol–water partition coefficient (Wildman–Crippen LogP) is 6.72. The Morgan fingerprint density at radius 3 is 2.48 bits per heavy atom. The SMILES string of the molecule is O=C(O)CCC(=O)OCC1(C(O)c2cc(Cl)ccc2C2c3c(Cl)cccc3C(=O)N2Cc2ccc(Br)cc2)CC1. The minimum absolute atomic E-state index is 0.0535.